The van der Waals surface area contributed by atoms with Gasteiger partial charge in [-0.2, -0.15) is 0 Å². The molecule has 114 valence electrons. The molecular weight excluding hydrogens is 286 g/mol. The number of hydrogen-bond donors (Lipinski definition) is 1. The second-order valence-electron chi connectivity index (χ2n) is 7.23. The molecule has 4 nitrogen and oxygen atoms in total. The molecule has 4 aliphatic rings. The molecule has 1 heterocycles. The van der Waals surface area contributed by atoms with Gasteiger partial charge in [-0.3, -0.25) is 0 Å². The first kappa shape index (κ1) is 13.7. The van der Waals surface area contributed by atoms with E-state index in [0.29, 0.717) is 17.2 Å². The molecule has 1 aromatic rings. The minimum Gasteiger partial charge on any atom is -0.477 e. The second kappa shape index (κ2) is 4.78. The summed E-state index contributed by atoms with van der Waals surface area (Å²) in [5.41, 5.74) is 0.788. The van der Waals surface area contributed by atoms with Crippen LogP contribution in [-0.4, -0.2) is 23.2 Å². The van der Waals surface area contributed by atoms with E-state index >= 15 is 0 Å². The van der Waals surface area contributed by atoms with Crippen molar-refractivity contribution in [2.75, 3.05) is 7.11 Å². The van der Waals surface area contributed by atoms with Gasteiger partial charge >= 0.3 is 5.97 Å². The number of carbonyl (C=O) groups is 1. The summed E-state index contributed by atoms with van der Waals surface area (Å²) in [7, 11) is 1.59. The van der Waals surface area contributed by atoms with Crippen LogP contribution in [0.15, 0.2) is 0 Å². The summed E-state index contributed by atoms with van der Waals surface area (Å²) in [6.45, 7) is 0.296. The molecule has 4 aliphatic carbocycles. The monoisotopic (exact) mass is 307 g/mol. The van der Waals surface area contributed by atoms with Crippen LogP contribution in [0, 0.1) is 17.8 Å². The molecule has 0 amide bonds. The summed E-state index contributed by atoms with van der Waals surface area (Å²) in [6.07, 6.45) is 7.83. The molecule has 4 bridgehead atoms. The lowest BCUT2D eigenvalue weighted by molar-refractivity contribution is -0.00542. The SMILES string of the molecule is COCc1nc(C23CC4CC(CC(C4)C2)C3)sc1C(=O)O. The van der Waals surface area contributed by atoms with Crippen molar-refractivity contribution in [1.82, 2.24) is 4.98 Å². The highest BCUT2D eigenvalue weighted by Crippen LogP contribution is 2.61. The molecule has 1 N–H and O–H groups in total. The van der Waals surface area contributed by atoms with Crippen LogP contribution in [0.2, 0.25) is 0 Å². The number of aromatic carboxylic acids is 1. The Kier molecular flexibility index (Phi) is 3.12. The molecule has 4 fully saturated rings. The highest BCUT2D eigenvalue weighted by Gasteiger charge is 2.53. The lowest BCUT2D eigenvalue weighted by atomic mass is 9.50. The number of thiazole rings is 1. The predicted octanol–water partition coefficient (Wildman–Crippen LogP) is 3.46. The van der Waals surface area contributed by atoms with Crippen LogP contribution in [0.4, 0.5) is 0 Å². The van der Waals surface area contributed by atoms with E-state index in [4.69, 9.17) is 9.72 Å². The molecule has 0 aliphatic heterocycles. The van der Waals surface area contributed by atoms with Crippen molar-refractivity contribution in [3.05, 3.63) is 15.6 Å². The zero-order valence-corrected chi connectivity index (χ0v) is 13.1. The quantitative estimate of drug-likeness (QED) is 0.925. The van der Waals surface area contributed by atoms with Crippen molar-refractivity contribution >= 4 is 17.3 Å². The topological polar surface area (TPSA) is 59.4 Å². The Hall–Kier alpha value is -0.940. The van der Waals surface area contributed by atoms with Crippen molar-refractivity contribution in [2.45, 2.75) is 50.5 Å². The van der Waals surface area contributed by atoms with Gasteiger partial charge in [0.1, 0.15) is 4.88 Å². The Morgan fingerprint density at radius 1 is 1.29 bits per heavy atom. The first-order valence-electron chi connectivity index (χ1n) is 7.82. The molecule has 0 aromatic carbocycles. The molecule has 5 rings (SSSR count). The van der Waals surface area contributed by atoms with Crippen molar-refractivity contribution in [3.63, 3.8) is 0 Å². The molecule has 5 heteroatoms. The van der Waals surface area contributed by atoms with E-state index in [2.05, 4.69) is 0 Å². The maximum atomic E-state index is 11.5. The molecule has 0 saturated heterocycles. The van der Waals surface area contributed by atoms with E-state index in [1.54, 1.807) is 7.11 Å². The van der Waals surface area contributed by atoms with Crippen molar-refractivity contribution < 1.29 is 14.6 Å². The van der Waals surface area contributed by atoms with Crippen LogP contribution in [-0.2, 0) is 16.8 Å². The number of methoxy groups -OCH3 is 1. The van der Waals surface area contributed by atoms with Gasteiger partial charge in [-0.05, 0) is 56.3 Å². The number of ether oxygens (including phenoxy) is 1. The molecule has 21 heavy (non-hydrogen) atoms. The molecule has 0 unspecified atom stereocenters. The molecule has 0 atom stereocenters. The summed E-state index contributed by atoms with van der Waals surface area (Å²) < 4.78 is 5.13. The van der Waals surface area contributed by atoms with Crippen LogP contribution >= 0.6 is 11.3 Å². The number of carboxylic acids is 1. The Bertz CT molecular complexity index is 545. The van der Waals surface area contributed by atoms with E-state index in [9.17, 15) is 9.90 Å². The van der Waals surface area contributed by atoms with Gasteiger partial charge in [0.05, 0.1) is 17.3 Å². The fourth-order valence-corrected chi connectivity index (χ4v) is 6.48. The third-order valence-electron chi connectivity index (χ3n) is 5.66. The lowest BCUT2D eigenvalue weighted by Gasteiger charge is -2.56. The van der Waals surface area contributed by atoms with Crippen LogP contribution in [0.25, 0.3) is 0 Å². The van der Waals surface area contributed by atoms with Gasteiger partial charge in [-0.15, -0.1) is 11.3 Å². The Balaban J connectivity index is 1.73. The second-order valence-corrected chi connectivity index (χ2v) is 8.23. The van der Waals surface area contributed by atoms with E-state index in [0.717, 1.165) is 22.8 Å². The number of hydrogen-bond acceptors (Lipinski definition) is 4. The molecule has 0 spiro atoms. The first-order valence-corrected chi connectivity index (χ1v) is 8.64. The number of nitrogens with zero attached hydrogens (tertiary/aromatic N) is 1. The molecular formula is C16H21NO3S. The third-order valence-corrected chi connectivity index (χ3v) is 7.00. The standard InChI is InChI=1S/C16H21NO3S/c1-20-8-12-13(14(18)19)21-15(17-12)16-5-9-2-10(6-16)4-11(3-9)7-16/h9-11H,2-8H2,1H3,(H,18,19). The zero-order valence-electron chi connectivity index (χ0n) is 12.3. The first-order chi connectivity index (χ1) is 10.1. The highest BCUT2D eigenvalue weighted by atomic mass is 32.1. The Labute approximate surface area is 128 Å². The summed E-state index contributed by atoms with van der Waals surface area (Å²) in [4.78, 5) is 16.6. The molecule has 0 radical (unpaired) electrons. The van der Waals surface area contributed by atoms with E-state index in [-0.39, 0.29) is 5.41 Å². The van der Waals surface area contributed by atoms with Crippen molar-refractivity contribution in [2.24, 2.45) is 17.8 Å². The zero-order chi connectivity index (χ0) is 14.6. The summed E-state index contributed by atoms with van der Waals surface area (Å²) >= 11 is 1.41. The lowest BCUT2D eigenvalue weighted by Crippen LogP contribution is -2.48. The highest BCUT2D eigenvalue weighted by molar-refractivity contribution is 7.13. The van der Waals surface area contributed by atoms with Crippen molar-refractivity contribution in [1.29, 1.82) is 0 Å². The fraction of sp³-hybridized carbons (Fsp3) is 0.750. The fourth-order valence-electron chi connectivity index (χ4n) is 5.35. The van der Waals surface area contributed by atoms with Crippen LogP contribution in [0.5, 0.6) is 0 Å². The Morgan fingerprint density at radius 2 is 1.86 bits per heavy atom. The Morgan fingerprint density at radius 3 is 2.33 bits per heavy atom. The largest absolute Gasteiger partial charge is 0.477 e. The molecule has 4 saturated carbocycles. The summed E-state index contributed by atoms with van der Waals surface area (Å²) in [6, 6.07) is 0. The maximum absolute atomic E-state index is 11.5. The number of aromatic nitrogens is 1. The summed E-state index contributed by atoms with van der Waals surface area (Å²) in [5, 5.41) is 10.5. The number of rotatable bonds is 4. The predicted molar refractivity (Wildman–Crippen MR) is 79.6 cm³/mol. The average molecular weight is 307 g/mol. The smallest absolute Gasteiger partial charge is 0.347 e. The van der Waals surface area contributed by atoms with Gasteiger partial charge in [-0.25, -0.2) is 9.78 Å². The average Bonchev–Trinajstić information content (AvgIpc) is 2.82. The summed E-state index contributed by atoms with van der Waals surface area (Å²) in [5.74, 6) is 1.67. The normalized spacial score (nSPS) is 37.1. The minimum atomic E-state index is -0.865. The van der Waals surface area contributed by atoms with Crippen LogP contribution in [0.3, 0.4) is 0 Å². The molecule has 1 aromatic heterocycles. The van der Waals surface area contributed by atoms with E-state index in [1.807, 2.05) is 0 Å². The van der Waals surface area contributed by atoms with E-state index in [1.165, 1.54) is 49.9 Å². The van der Waals surface area contributed by atoms with E-state index < -0.39 is 5.97 Å². The maximum Gasteiger partial charge on any atom is 0.347 e. The van der Waals surface area contributed by atoms with Crippen molar-refractivity contribution in [3.8, 4) is 0 Å². The van der Waals surface area contributed by atoms with Crippen LogP contribution < -0.4 is 0 Å². The van der Waals surface area contributed by atoms with Gasteiger partial charge in [-0.1, -0.05) is 0 Å². The minimum absolute atomic E-state index is 0.176. The van der Waals surface area contributed by atoms with Gasteiger partial charge in [0.15, 0.2) is 0 Å². The number of carboxylic acid groups (broad SMARTS) is 1. The van der Waals surface area contributed by atoms with Gasteiger partial charge in [0.2, 0.25) is 0 Å². The third kappa shape index (κ3) is 2.13. The van der Waals surface area contributed by atoms with Crippen LogP contribution in [0.1, 0.15) is 58.9 Å². The van der Waals surface area contributed by atoms with Gasteiger partial charge in [0.25, 0.3) is 0 Å². The van der Waals surface area contributed by atoms with Gasteiger partial charge in [0, 0.05) is 12.5 Å². The van der Waals surface area contributed by atoms with Gasteiger partial charge < -0.3 is 9.84 Å².